The highest BCUT2D eigenvalue weighted by molar-refractivity contribution is 9.10. The highest BCUT2D eigenvalue weighted by atomic mass is 79.9. The number of aromatic nitrogens is 2. The number of benzene rings is 1. The van der Waals surface area contributed by atoms with E-state index < -0.39 is 11.6 Å². The van der Waals surface area contributed by atoms with Crippen LogP contribution in [-0.2, 0) is 6.54 Å². The van der Waals surface area contributed by atoms with E-state index in [9.17, 15) is 8.78 Å². The molecule has 2 aromatic heterocycles. The second-order valence-corrected chi connectivity index (χ2v) is 4.61. The van der Waals surface area contributed by atoms with E-state index in [-0.39, 0.29) is 0 Å². The molecule has 0 aliphatic rings. The molecule has 0 bridgehead atoms. The van der Waals surface area contributed by atoms with Crippen molar-refractivity contribution < 1.29 is 13.2 Å². The number of fused-ring (bicyclic) bond motifs is 1. The van der Waals surface area contributed by atoms with Gasteiger partial charge in [-0.05, 0) is 28.1 Å². The smallest absolute Gasteiger partial charge is 0.169 e. The van der Waals surface area contributed by atoms with Gasteiger partial charge in [-0.15, -0.1) is 0 Å². The molecule has 0 aliphatic heterocycles. The third kappa shape index (κ3) is 1.92. The summed E-state index contributed by atoms with van der Waals surface area (Å²) in [7, 11) is 0. The lowest BCUT2D eigenvalue weighted by Gasteiger charge is -2.01. The van der Waals surface area contributed by atoms with Gasteiger partial charge in [-0.2, -0.15) is 0 Å². The van der Waals surface area contributed by atoms with E-state index in [1.54, 1.807) is 16.7 Å². The van der Waals surface area contributed by atoms with Crippen molar-refractivity contribution in [1.82, 2.24) is 9.55 Å². The van der Waals surface area contributed by atoms with Gasteiger partial charge in [0.05, 0.1) is 23.9 Å². The van der Waals surface area contributed by atoms with E-state index in [4.69, 9.17) is 4.42 Å². The summed E-state index contributed by atoms with van der Waals surface area (Å²) in [5.74, 6) is -1.08. The van der Waals surface area contributed by atoms with E-state index >= 15 is 0 Å². The van der Waals surface area contributed by atoms with Crippen molar-refractivity contribution in [2.75, 3.05) is 0 Å². The summed E-state index contributed by atoms with van der Waals surface area (Å²) in [6, 6.07) is 5.79. The molecule has 92 valence electrons. The normalized spacial score (nSPS) is 11.3. The van der Waals surface area contributed by atoms with E-state index in [0.717, 1.165) is 12.1 Å². The molecule has 3 nitrogen and oxygen atoms in total. The van der Waals surface area contributed by atoms with Gasteiger partial charge in [0.15, 0.2) is 16.3 Å². The van der Waals surface area contributed by atoms with E-state index in [2.05, 4.69) is 20.9 Å². The standard InChI is InChI=1S/C12H7BrF2N2O/c13-12-2-1-7(18-12)5-17-6-16-10-3-8(14)9(15)4-11(10)17/h1-4,6H,5H2. The molecule has 3 rings (SSSR count). The van der Waals surface area contributed by atoms with Gasteiger partial charge >= 0.3 is 0 Å². The van der Waals surface area contributed by atoms with Crippen LogP contribution in [0.15, 0.2) is 39.7 Å². The zero-order chi connectivity index (χ0) is 12.7. The van der Waals surface area contributed by atoms with Crippen LogP contribution in [0.3, 0.4) is 0 Å². The van der Waals surface area contributed by atoms with Gasteiger partial charge in [0.1, 0.15) is 5.76 Å². The first-order valence-corrected chi connectivity index (χ1v) is 5.97. The Morgan fingerprint density at radius 1 is 1.22 bits per heavy atom. The summed E-state index contributed by atoms with van der Waals surface area (Å²) in [5, 5.41) is 0. The van der Waals surface area contributed by atoms with Gasteiger partial charge in [0.2, 0.25) is 0 Å². The highest BCUT2D eigenvalue weighted by Crippen LogP contribution is 2.20. The molecular formula is C12H7BrF2N2O. The van der Waals surface area contributed by atoms with Gasteiger partial charge in [-0.3, -0.25) is 0 Å². The number of hydrogen-bond donors (Lipinski definition) is 0. The summed E-state index contributed by atoms with van der Waals surface area (Å²) >= 11 is 3.21. The first-order chi connectivity index (χ1) is 8.63. The molecule has 3 aromatic rings. The predicted octanol–water partition coefficient (Wildman–Crippen LogP) is 3.72. The molecule has 0 atom stereocenters. The van der Waals surface area contributed by atoms with E-state index in [0.29, 0.717) is 28.0 Å². The fraction of sp³-hybridized carbons (Fsp3) is 0.0833. The maximum Gasteiger partial charge on any atom is 0.169 e. The molecule has 1 aromatic carbocycles. The molecule has 18 heavy (non-hydrogen) atoms. The quantitative estimate of drug-likeness (QED) is 0.722. The summed E-state index contributed by atoms with van der Waals surface area (Å²) in [4.78, 5) is 4.03. The molecule has 0 aliphatic carbocycles. The highest BCUT2D eigenvalue weighted by Gasteiger charge is 2.10. The van der Waals surface area contributed by atoms with Crippen molar-refractivity contribution in [1.29, 1.82) is 0 Å². The van der Waals surface area contributed by atoms with Crippen molar-refractivity contribution in [3.63, 3.8) is 0 Å². The maximum absolute atomic E-state index is 13.2. The van der Waals surface area contributed by atoms with Gasteiger partial charge < -0.3 is 8.98 Å². The zero-order valence-electron chi connectivity index (χ0n) is 9.03. The van der Waals surface area contributed by atoms with Crippen molar-refractivity contribution in [3.8, 4) is 0 Å². The summed E-state index contributed by atoms with van der Waals surface area (Å²) in [6.45, 7) is 0.410. The molecule has 6 heteroatoms. The van der Waals surface area contributed by atoms with E-state index in [1.807, 2.05) is 0 Å². The average molecular weight is 313 g/mol. The molecule has 0 N–H and O–H groups in total. The molecular weight excluding hydrogens is 306 g/mol. The average Bonchev–Trinajstić information content (AvgIpc) is 2.89. The molecule has 0 spiro atoms. The Kier molecular flexibility index (Phi) is 2.66. The Hall–Kier alpha value is -1.69. The fourth-order valence-electron chi connectivity index (χ4n) is 1.78. The lowest BCUT2D eigenvalue weighted by molar-refractivity contribution is 0.476. The molecule has 0 saturated carbocycles. The Balaban J connectivity index is 2.04. The van der Waals surface area contributed by atoms with E-state index in [1.165, 1.54) is 6.33 Å². The summed E-state index contributed by atoms with van der Waals surface area (Å²) < 4.78 is 33.9. The lowest BCUT2D eigenvalue weighted by Crippen LogP contribution is -1.97. The first kappa shape index (κ1) is 11.4. The van der Waals surface area contributed by atoms with Crippen LogP contribution in [0.1, 0.15) is 5.76 Å². The molecule has 0 radical (unpaired) electrons. The Bertz CT molecular complexity index is 720. The monoisotopic (exact) mass is 312 g/mol. The number of imidazole rings is 1. The summed E-state index contributed by atoms with van der Waals surface area (Å²) in [6.07, 6.45) is 1.53. The minimum atomic E-state index is -0.895. The topological polar surface area (TPSA) is 31.0 Å². The minimum absolute atomic E-state index is 0.410. The van der Waals surface area contributed by atoms with Crippen LogP contribution < -0.4 is 0 Å². The van der Waals surface area contributed by atoms with Crippen molar-refractivity contribution >= 4 is 27.0 Å². The lowest BCUT2D eigenvalue weighted by atomic mass is 10.3. The molecule has 0 unspecified atom stereocenters. The van der Waals surface area contributed by atoms with Gasteiger partial charge in [0.25, 0.3) is 0 Å². The maximum atomic E-state index is 13.2. The number of nitrogens with zero attached hydrogens (tertiary/aromatic N) is 2. The molecule has 0 saturated heterocycles. The van der Waals surface area contributed by atoms with Gasteiger partial charge in [0, 0.05) is 12.1 Å². The number of furan rings is 1. The third-order valence-corrected chi connectivity index (χ3v) is 3.04. The second-order valence-electron chi connectivity index (χ2n) is 3.83. The van der Waals surface area contributed by atoms with Crippen LogP contribution >= 0.6 is 15.9 Å². The van der Waals surface area contributed by atoms with Crippen LogP contribution in [0.25, 0.3) is 11.0 Å². The first-order valence-electron chi connectivity index (χ1n) is 5.17. The largest absolute Gasteiger partial charge is 0.452 e. The summed E-state index contributed by atoms with van der Waals surface area (Å²) in [5.41, 5.74) is 0.945. The van der Waals surface area contributed by atoms with Gasteiger partial charge in [-0.1, -0.05) is 0 Å². The van der Waals surface area contributed by atoms with Crippen molar-refractivity contribution in [3.05, 3.63) is 52.7 Å². The fourth-order valence-corrected chi connectivity index (χ4v) is 2.12. The van der Waals surface area contributed by atoms with Crippen molar-refractivity contribution in [2.45, 2.75) is 6.54 Å². The van der Waals surface area contributed by atoms with Crippen LogP contribution in [0.2, 0.25) is 0 Å². The third-order valence-electron chi connectivity index (χ3n) is 2.62. The second kappa shape index (κ2) is 4.20. The van der Waals surface area contributed by atoms with Crippen molar-refractivity contribution in [2.24, 2.45) is 0 Å². The predicted molar refractivity (Wildman–Crippen MR) is 65.2 cm³/mol. The Morgan fingerprint density at radius 2 is 2.00 bits per heavy atom. The zero-order valence-corrected chi connectivity index (χ0v) is 10.6. The number of halogens is 3. The van der Waals surface area contributed by atoms with Crippen LogP contribution in [-0.4, -0.2) is 9.55 Å². The molecule has 0 amide bonds. The molecule has 0 fully saturated rings. The molecule has 2 heterocycles. The SMILES string of the molecule is Fc1cc2ncn(Cc3ccc(Br)o3)c2cc1F. The Morgan fingerprint density at radius 3 is 2.72 bits per heavy atom. The van der Waals surface area contributed by atoms with Gasteiger partial charge in [-0.25, -0.2) is 13.8 Å². The number of rotatable bonds is 2. The van der Waals surface area contributed by atoms with Crippen LogP contribution in [0, 0.1) is 11.6 Å². The minimum Gasteiger partial charge on any atom is -0.452 e. The van der Waals surface area contributed by atoms with Crippen LogP contribution in [0.5, 0.6) is 0 Å². The van der Waals surface area contributed by atoms with Crippen LogP contribution in [0.4, 0.5) is 8.78 Å². The number of hydrogen-bond acceptors (Lipinski definition) is 2. The Labute approximate surface area is 109 Å².